The molecular weight excluding hydrogens is 316 g/mol. The van der Waals surface area contributed by atoms with Crippen molar-refractivity contribution in [3.05, 3.63) is 47.6 Å². The highest BCUT2D eigenvalue weighted by Crippen LogP contribution is 2.16. The van der Waals surface area contributed by atoms with Crippen molar-refractivity contribution >= 4 is 12.0 Å². The summed E-state index contributed by atoms with van der Waals surface area (Å²) < 4.78 is 7.81. The number of aromatic nitrogens is 3. The minimum absolute atomic E-state index is 0.114. The molecule has 25 heavy (non-hydrogen) atoms. The number of benzene rings is 1. The molecule has 0 unspecified atom stereocenters. The molecule has 0 saturated heterocycles. The molecule has 1 aliphatic rings. The Morgan fingerprint density at radius 3 is 3.12 bits per heavy atom. The van der Waals surface area contributed by atoms with Gasteiger partial charge in [0.25, 0.3) is 0 Å². The highest BCUT2D eigenvalue weighted by Gasteiger charge is 2.16. The van der Waals surface area contributed by atoms with Crippen LogP contribution in [-0.2, 0) is 24.2 Å². The molecule has 1 aliphatic heterocycles. The zero-order valence-electron chi connectivity index (χ0n) is 14.7. The standard InChI is InChI=1S/C19H24N4O2/c1-14(2)25-16-6-3-5-15(13-16)8-9-19(24)20-11-10-18-22-21-17-7-4-12-23(17)18/h3,5-6,8-9,13-14H,4,7,10-12H2,1-2H3,(H,20,24). The summed E-state index contributed by atoms with van der Waals surface area (Å²) in [6.07, 6.45) is 6.29. The predicted octanol–water partition coefficient (Wildman–Crippen LogP) is 2.38. The van der Waals surface area contributed by atoms with Crippen LogP contribution in [0.4, 0.5) is 0 Å². The normalized spacial score (nSPS) is 13.4. The number of carbonyl (C=O) groups is 1. The van der Waals surface area contributed by atoms with Crippen molar-refractivity contribution in [1.29, 1.82) is 0 Å². The molecule has 0 saturated carbocycles. The average Bonchev–Trinajstić information content (AvgIpc) is 3.17. The molecule has 0 fully saturated rings. The monoisotopic (exact) mass is 340 g/mol. The van der Waals surface area contributed by atoms with Gasteiger partial charge in [-0.05, 0) is 44.0 Å². The van der Waals surface area contributed by atoms with Gasteiger partial charge in [0.05, 0.1) is 6.10 Å². The van der Waals surface area contributed by atoms with Gasteiger partial charge in [0.2, 0.25) is 5.91 Å². The summed E-state index contributed by atoms with van der Waals surface area (Å²) in [6.45, 7) is 5.51. The largest absolute Gasteiger partial charge is 0.491 e. The second kappa shape index (κ2) is 7.96. The molecule has 1 amide bonds. The number of ether oxygens (including phenoxy) is 1. The molecule has 0 atom stereocenters. The quantitative estimate of drug-likeness (QED) is 0.786. The Bertz CT molecular complexity index is 765. The molecule has 6 nitrogen and oxygen atoms in total. The summed E-state index contributed by atoms with van der Waals surface area (Å²) in [5, 5.41) is 11.3. The van der Waals surface area contributed by atoms with Crippen molar-refractivity contribution in [1.82, 2.24) is 20.1 Å². The average molecular weight is 340 g/mol. The van der Waals surface area contributed by atoms with Crippen molar-refractivity contribution < 1.29 is 9.53 Å². The summed E-state index contributed by atoms with van der Waals surface area (Å²) in [4.78, 5) is 12.0. The van der Waals surface area contributed by atoms with E-state index in [0.717, 1.165) is 42.3 Å². The fraction of sp³-hybridized carbons (Fsp3) is 0.421. The number of nitrogens with zero attached hydrogens (tertiary/aromatic N) is 3. The van der Waals surface area contributed by atoms with E-state index in [4.69, 9.17) is 4.74 Å². The molecule has 1 N–H and O–H groups in total. The number of aryl methyl sites for hydroxylation is 1. The van der Waals surface area contributed by atoms with Gasteiger partial charge in [-0.15, -0.1) is 10.2 Å². The van der Waals surface area contributed by atoms with Crippen LogP contribution in [0.5, 0.6) is 5.75 Å². The molecule has 0 bridgehead atoms. The summed E-state index contributed by atoms with van der Waals surface area (Å²) >= 11 is 0. The van der Waals surface area contributed by atoms with Gasteiger partial charge < -0.3 is 14.6 Å². The van der Waals surface area contributed by atoms with E-state index >= 15 is 0 Å². The lowest BCUT2D eigenvalue weighted by Gasteiger charge is -2.09. The van der Waals surface area contributed by atoms with E-state index in [1.807, 2.05) is 38.1 Å². The summed E-state index contributed by atoms with van der Waals surface area (Å²) in [5.74, 6) is 2.70. The van der Waals surface area contributed by atoms with Gasteiger partial charge in [0, 0.05) is 32.0 Å². The number of carbonyl (C=O) groups excluding carboxylic acids is 1. The number of nitrogens with one attached hydrogen (secondary N) is 1. The van der Waals surface area contributed by atoms with Gasteiger partial charge in [0.15, 0.2) is 0 Å². The zero-order valence-corrected chi connectivity index (χ0v) is 14.7. The molecule has 6 heteroatoms. The lowest BCUT2D eigenvalue weighted by atomic mass is 10.2. The van der Waals surface area contributed by atoms with Crippen LogP contribution in [0.3, 0.4) is 0 Å². The number of hydrogen-bond donors (Lipinski definition) is 1. The van der Waals surface area contributed by atoms with Crippen LogP contribution in [-0.4, -0.2) is 33.3 Å². The van der Waals surface area contributed by atoms with E-state index in [1.54, 1.807) is 12.2 Å². The molecule has 2 heterocycles. The van der Waals surface area contributed by atoms with Crippen LogP contribution < -0.4 is 10.1 Å². The van der Waals surface area contributed by atoms with Crippen molar-refractivity contribution in [2.75, 3.05) is 6.54 Å². The first-order valence-electron chi connectivity index (χ1n) is 8.75. The second-order valence-corrected chi connectivity index (χ2v) is 6.40. The van der Waals surface area contributed by atoms with E-state index in [0.29, 0.717) is 13.0 Å². The van der Waals surface area contributed by atoms with Gasteiger partial charge >= 0.3 is 0 Å². The third-order valence-corrected chi connectivity index (χ3v) is 3.99. The minimum atomic E-state index is -0.114. The van der Waals surface area contributed by atoms with Crippen LogP contribution >= 0.6 is 0 Å². The molecule has 3 rings (SSSR count). The Kier molecular flexibility index (Phi) is 5.48. The van der Waals surface area contributed by atoms with Crippen molar-refractivity contribution in [3.63, 3.8) is 0 Å². The topological polar surface area (TPSA) is 69.0 Å². The maximum absolute atomic E-state index is 12.0. The van der Waals surface area contributed by atoms with E-state index in [-0.39, 0.29) is 12.0 Å². The maximum atomic E-state index is 12.0. The number of rotatable bonds is 7. The number of fused-ring (bicyclic) bond motifs is 1. The molecule has 0 spiro atoms. The van der Waals surface area contributed by atoms with Gasteiger partial charge in [-0.3, -0.25) is 4.79 Å². The molecule has 1 aromatic heterocycles. The Labute approximate surface area is 147 Å². The van der Waals surface area contributed by atoms with E-state index < -0.39 is 0 Å². The van der Waals surface area contributed by atoms with Crippen molar-refractivity contribution in [2.45, 2.75) is 45.8 Å². The van der Waals surface area contributed by atoms with Crippen LogP contribution in [0, 0.1) is 0 Å². The molecule has 132 valence electrons. The fourth-order valence-electron chi connectivity index (χ4n) is 2.89. The van der Waals surface area contributed by atoms with Crippen molar-refractivity contribution in [2.24, 2.45) is 0 Å². The third kappa shape index (κ3) is 4.68. The highest BCUT2D eigenvalue weighted by molar-refractivity contribution is 5.91. The lowest BCUT2D eigenvalue weighted by molar-refractivity contribution is -0.116. The SMILES string of the molecule is CC(C)Oc1cccc(C=CC(=O)NCCc2nnc3n2CCC3)c1. The Morgan fingerprint density at radius 2 is 2.28 bits per heavy atom. The number of amides is 1. The number of hydrogen-bond acceptors (Lipinski definition) is 4. The molecule has 0 radical (unpaired) electrons. The Hall–Kier alpha value is -2.63. The second-order valence-electron chi connectivity index (χ2n) is 6.40. The van der Waals surface area contributed by atoms with Crippen molar-refractivity contribution in [3.8, 4) is 5.75 Å². The highest BCUT2D eigenvalue weighted by atomic mass is 16.5. The van der Waals surface area contributed by atoms with Gasteiger partial charge in [-0.25, -0.2) is 0 Å². The summed E-state index contributed by atoms with van der Waals surface area (Å²) in [6, 6.07) is 7.69. The van der Waals surface area contributed by atoms with Crippen LogP contribution in [0.2, 0.25) is 0 Å². The third-order valence-electron chi connectivity index (χ3n) is 3.99. The van der Waals surface area contributed by atoms with Crippen LogP contribution in [0.25, 0.3) is 6.08 Å². The first-order valence-corrected chi connectivity index (χ1v) is 8.75. The predicted molar refractivity (Wildman–Crippen MR) is 96.3 cm³/mol. The summed E-state index contributed by atoms with van der Waals surface area (Å²) in [7, 11) is 0. The smallest absolute Gasteiger partial charge is 0.244 e. The van der Waals surface area contributed by atoms with E-state index in [9.17, 15) is 4.79 Å². The van der Waals surface area contributed by atoms with E-state index in [2.05, 4.69) is 20.1 Å². The summed E-state index contributed by atoms with van der Waals surface area (Å²) in [5.41, 5.74) is 0.934. The van der Waals surface area contributed by atoms with Gasteiger partial charge in [-0.2, -0.15) is 0 Å². The fourth-order valence-corrected chi connectivity index (χ4v) is 2.89. The maximum Gasteiger partial charge on any atom is 0.244 e. The molecular formula is C19H24N4O2. The first-order chi connectivity index (χ1) is 12.1. The minimum Gasteiger partial charge on any atom is -0.491 e. The molecule has 1 aromatic carbocycles. The Balaban J connectivity index is 1.48. The Morgan fingerprint density at radius 1 is 1.40 bits per heavy atom. The van der Waals surface area contributed by atoms with Gasteiger partial charge in [0.1, 0.15) is 17.4 Å². The van der Waals surface area contributed by atoms with Crippen LogP contribution in [0.1, 0.15) is 37.5 Å². The molecule has 0 aliphatic carbocycles. The molecule has 2 aromatic rings. The van der Waals surface area contributed by atoms with Crippen LogP contribution in [0.15, 0.2) is 30.3 Å². The van der Waals surface area contributed by atoms with Gasteiger partial charge in [-0.1, -0.05) is 12.1 Å². The van der Waals surface area contributed by atoms with E-state index in [1.165, 1.54) is 0 Å². The lowest BCUT2D eigenvalue weighted by Crippen LogP contribution is -2.24. The first kappa shape index (κ1) is 17.2. The zero-order chi connectivity index (χ0) is 17.6.